The molecule has 1 N–H and O–H groups in total. The molecule has 4 nitrogen and oxygen atoms in total. The number of benzene rings is 2. The molecule has 0 saturated carbocycles. The number of nitrogens with zero attached hydrogens (tertiary/aromatic N) is 3. The lowest BCUT2D eigenvalue weighted by Gasteiger charge is -2.00. The smallest absolute Gasteiger partial charge is 0.155 e. The molecule has 0 saturated heterocycles. The van der Waals surface area contributed by atoms with Crippen LogP contribution < -0.4 is 0 Å². The monoisotopic (exact) mass is 294 g/mol. The van der Waals surface area contributed by atoms with Gasteiger partial charge in [0.2, 0.25) is 0 Å². The van der Waals surface area contributed by atoms with Gasteiger partial charge < -0.3 is 0 Å². The van der Waals surface area contributed by atoms with Gasteiger partial charge in [0.1, 0.15) is 5.69 Å². The molecular formula is C16H14N4S. The Morgan fingerprint density at radius 1 is 0.905 bits per heavy atom. The summed E-state index contributed by atoms with van der Waals surface area (Å²) in [5.74, 6) is 0. The number of azo groups is 1. The second-order valence-electron chi connectivity index (χ2n) is 4.60. The minimum atomic E-state index is 0.624. The highest BCUT2D eigenvalue weighted by Crippen LogP contribution is 2.24. The topological polar surface area (TPSA) is 45.4 Å². The molecule has 0 fully saturated rings. The average Bonchev–Trinajstić information content (AvgIpc) is 2.82. The maximum absolute atomic E-state index is 5.49. The van der Waals surface area contributed by atoms with Crippen LogP contribution in [0.5, 0.6) is 0 Å². The zero-order valence-corrected chi connectivity index (χ0v) is 12.3. The van der Waals surface area contributed by atoms with Crippen molar-refractivity contribution >= 4 is 23.6 Å². The Hall–Kier alpha value is -2.53. The quantitative estimate of drug-likeness (QED) is 0.520. The lowest BCUT2D eigenvalue weighted by atomic mass is 10.3. The Kier molecular flexibility index (Phi) is 3.75. The van der Waals surface area contributed by atoms with E-state index in [9.17, 15) is 0 Å². The van der Waals surface area contributed by atoms with Crippen LogP contribution in [0.15, 0.2) is 70.9 Å². The van der Waals surface area contributed by atoms with Crippen LogP contribution in [-0.4, -0.2) is 9.78 Å². The zero-order valence-electron chi connectivity index (χ0n) is 11.5. The molecule has 2 aromatic carbocycles. The molecule has 1 heterocycles. The molecule has 3 aromatic rings. The van der Waals surface area contributed by atoms with E-state index in [1.807, 2.05) is 72.3 Å². The fourth-order valence-electron chi connectivity index (χ4n) is 2.02. The Balaban J connectivity index is 2.00. The largest absolute Gasteiger partial charge is 0.295 e. The van der Waals surface area contributed by atoms with E-state index >= 15 is 0 Å². The molecular weight excluding hydrogens is 280 g/mol. The van der Waals surface area contributed by atoms with E-state index in [1.54, 1.807) is 0 Å². The molecule has 0 unspecified atom stereocenters. The summed E-state index contributed by atoms with van der Waals surface area (Å²) in [7, 11) is 0. The van der Waals surface area contributed by atoms with Crippen molar-refractivity contribution in [2.45, 2.75) is 6.92 Å². The summed E-state index contributed by atoms with van der Waals surface area (Å²) in [6.45, 7) is 1.94. The number of aromatic nitrogens is 2. The summed E-state index contributed by atoms with van der Waals surface area (Å²) in [6, 6.07) is 19.5. The van der Waals surface area contributed by atoms with E-state index in [0.717, 1.165) is 17.1 Å². The first-order valence-corrected chi connectivity index (χ1v) is 7.00. The fraction of sp³-hybridized carbons (Fsp3) is 0.0625. The van der Waals surface area contributed by atoms with E-state index in [0.29, 0.717) is 10.3 Å². The minimum absolute atomic E-state index is 0.624. The Morgan fingerprint density at radius 2 is 1.52 bits per heavy atom. The van der Waals surface area contributed by atoms with Crippen LogP contribution in [0.2, 0.25) is 0 Å². The van der Waals surface area contributed by atoms with E-state index in [-0.39, 0.29) is 0 Å². The van der Waals surface area contributed by atoms with Crippen LogP contribution in [0.3, 0.4) is 0 Å². The summed E-state index contributed by atoms with van der Waals surface area (Å²) in [4.78, 5) is 0. The first-order valence-electron chi connectivity index (χ1n) is 6.59. The summed E-state index contributed by atoms with van der Waals surface area (Å²) >= 11 is 5.49. The van der Waals surface area contributed by atoms with Crippen molar-refractivity contribution in [3.05, 3.63) is 71.0 Å². The van der Waals surface area contributed by atoms with Gasteiger partial charge in [-0.1, -0.05) is 48.6 Å². The second kappa shape index (κ2) is 5.85. The number of hydrogen-bond acceptors (Lipinski definition) is 3. The summed E-state index contributed by atoms with van der Waals surface area (Å²) in [5.41, 5.74) is 3.37. The highest BCUT2D eigenvalue weighted by molar-refractivity contribution is 7.71. The van der Waals surface area contributed by atoms with Crippen molar-refractivity contribution in [3.63, 3.8) is 0 Å². The van der Waals surface area contributed by atoms with Gasteiger partial charge in [-0.15, -0.1) is 5.11 Å². The van der Waals surface area contributed by atoms with Gasteiger partial charge in [0.05, 0.1) is 17.1 Å². The van der Waals surface area contributed by atoms with Gasteiger partial charge in [-0.3, -0.25) is 5.10 Å². The van der Waals surface area contributed by atoms with Gasteiger partial charge in [-0.25, -0.2) is 4.68 Å². The van der Waals surface area contributed by atoms with Crippen molar-refractivity contribution in [1.29, 1.82) is 0 Å². The van der Waals surface area contributed by atoms with Crippen molar-refractivity contribution < 1.29 is 0 Å². The Bertz CT molecular complexity index is 816. The van der Waals surface area contributed by atoms with Crippen LogP contribution in [0, 0.1) is 11.6 Å². The number of aryl methyl sites for hydroxylation is 1. The summed E-state index contributed by atoms with van der Waals surface area (Å²) < 4.78 is 2.46. The molecule has 3 rings (SSSR count). The van der Waals surface area contributed by atoms with Crippen LogP contribution in [-0.2, 0) is 0 Å². The van der Waals surface area contributed by atoms with Crippen LogP contribution in [0.25, 0.3) is 5.69 Å². The number of para-hydroxylation sites is 1. The number of H-pyrrole nitrogens is 1. The third-order valence-electron chi connectivity index (χ3n) is 3.08. The predicted octanol–water partition coefficient (Wildman–Crippen LogP) is 5.26. The maximum atomic E-state index is 5.49. The Labute approximate surface area is 127 Å². The second-order valence-corrected chi connectivity index (χ2v) is 4.98. The van der Waals surface area contributed by atoms with Gasteiger partial charge in [-0.05, 0) is 31.2 Å². The van der Waals surface area contributed by atoms with Gasteiger partial charge >= 0.3 is 0 Å². The normalized spacial score (nSPS) is 11.1. The highest BCUT2D eigenvalue weighted by Gasteiger charge is 2.08. The molecule has 0 bridgehead atoms. The summed E-state index contributed by atoms with van der Waals surface area (Å²) in [6.07, 6.45) is 0. The standard InChI is InChI=1S/C16H14N4S/c1-12-15(18-17-13-8-4-2-5-9-13)16(21)20(19-12)14-10-6-3-7-11-14/h2-11,19H,1H3. The van der Waals surface area contributed by atoms with Gasteiger partial charge in [0.15, 0.2) is 4.64 Å². The van der Waals surface area contributed by atoms with Crippen molar-refractivity contribution in [2.75, 3.05) is 0 Å². The van der Waals surface area contributed by atoms with Crippen molar-refractivity contribution in [3.8, 4) is 5.69 Å². The fourth-order valence-corrected chi connectivity index (χ4v) is 2.36. The zero-order chi connectivity index (χ0) is 14.7. The third-order valence-corrected chi connectivity index (χ3v) is 3.45. The number of rotatable bonds is 3. The SMILES string of the molecule is Cc1[nH]n(-c2ccccc2)c(=S)c1N=Nc1ccccc1. The number of hydrogen-bond donors (Lipinski definition) is 1. The summed E-state index contributed by atoms with van der Waals surface area (Å²) in [5, 5.41) is 11.7. The lowest BCUT2D eigenvalue weighted by Crippen LogP contribution is -1.95. The molecule has 104 valence electrons. The number of aromatic amines is 1. The molecule has 0 aliphatic carbocycles. The lowest BCUT2D eigenvalue weighted by molar-refractivity contribution is 0.853. The molecule has 1 aromatic heterocycles. The van der Waals surface area contributed by atoms with E-state index < -0.39 is 0 Å². The third kappa shape index (κ3) is 2.83. The van der Waals surface area contributed by atoms with Gasteiger partial charge in [0.25, 0.3) is 0 Å². The minimum Gasteiger partial charge on any atom is -0.295 e. The molecule has 0 aliphatic heterocycles. The Morgan fingerprint density at radius 3 is 2.19 bits per heavy atom. The van der Waals surface area contributed by atoms with Crippen molar-refractivity contribution in [2.24, 2.45) is 10.2 Å². The highest BCUT2D eigenvalue weighted by atomic mass is 32.1. The van der Waals surface area contributed by atoms with Crippen molar-refractivity contribution in [1.82, 2.24) is 9.78 Å². The molecule has 0 aliphatic rings. The number of nitrogens with one attached hydrogen (secondary N) is 1. The molecule has 0 radical (unpaired) electrons. The van der Waals surface area contributed by atoms with E-state index in [1.165, 1.54) is 0 Å². The predicted molar refractivity (Wildman–Crippen MR) is 86.3 cm³/mol. The maximum Gasteiger partial charge on any atom is 0.155 e. The first kappa shape index (κ1) is 13.5. The molecule has 0 amide bonds. The average molecular weight is 294 g/mol. The molecule has 5 heteroatoms. The van der Waals surface area contributed by atoms with Crippen LogP contribution in [0.4, 0.5) is 11.4 Å². The molecule has 21 heavy (non-hydrogen) atoms. The van der Waals surface area contributed by atoms with Crippen LogP contribution >= 0.6 is 12.2 Å². The van der Waals surface area contributed by atoms with E-state index in [4.69, 9.17) is 12.2 Å². The van der Waals surface area contributed by atoms with Gasteiger partial charge in [-0.2, -0.15) is 5.11 Å². The molecule has 0 spiro atoms. The van der Waals surface area contributed by atoms with Crippen LogP contribution in [0.1, 0.15) is 5.69 Å². The first-order chi connectivity index (χ1) is 10.3. The van der Waals surface area contributed by atoms with Gasteiger partial charge in [0, 0.05) is 0 Å². The molecule has 0 atom stereocenters. The van der Waals surface area contributed by atoms with E-state index in [2.05, 4.69) is 15.3 Å².